The van der Waals surface area contributed by atoms with Gasteiger partial charge in [0.25, 0.3) is 0 Å². The molecular weight excluding hydrogens is 334 g/mol. The molecule has 25 heavy (non-hydrogen) atoms. The first-order chi connectivity index (χ1) is 12.0. The molecule has 0 bridgehead atoms. The maximum atomic E-state index is 10.3. The molecule has 0 aliphatic carbocycles. The topological polar surface area (TPSA) is 161 Å². The molecule has 1 fully saturated rings. The summed E-state index contributed by atoms with van der Waals surface area (Å²) in [6, 6.07) is 0. The molecule has 136 valence electrons. The van der Waals surface area contributed by atoms with Crippen LogP contribution in [0.5, 0.6) is 5.88 Å². The minimum absolute atomic E-state index is 0.0108. The second-order valence-electron chi connectivity index (χ2n) is 5.64. The van der Waals surface area contributed by atoms with Crippen LogP contribution < -0.4 is 10.5 Å². The SMILES string of the molecule is CN(CCOc1nc(N)nc2c1ncn2[C@H]1C[C@H](O)[C@@H](CO)O1)N=O. The van der Waals surface area contributed by atoms with Crippen LogP contribution in [0.2, 0.25) is 0 Å². The number of hydrogen-bond donors (Lipinski definition) is 3. The molecule has 4 N–H and O–H groups in total. The van der Waals surface area contributed by atoms with Crippen molar-refractivity contribution >= 4 is 17.1 Å². The van der Waals surface area contributed by atoms with Crippen LogP contribution in [0.1, 0.15) is 12.6 Å². The van der Waals surface area contributed by atoms with Gasteiger partial charge in [0.15, 0.2) is 11.2 Å². The molecule has 3 heterocycles. The maximum absolute atomic E-state index is 10.3. The summed E-state index contributed by atoms with van der Waals surface area (Å²) in [7, 11) is 1.52. The Bertz CT molecular complexity index is 754. The van der Waals surface area contributed by atoms with Crippen molar-refractivity contribution in [3.8, 4) is 5.88 Å². The number of nitrogens with two attached hydrogens (primary N) is 1. The van der Waals surface area contributed by atoms with Crippen molar-refractivity contribution in [1.29, 1.82) is 0 Å². The summed E-state index contributed by atoms with van der Waals surface area (Å²) in [6.45, 7) is 0.145. The molecule has 2 aromatic rings. The number of aromatic nitrogens is 4. The first-order valence-electron chi connectivity index (χ1n) is 7.65. The molecule has 0 radical (unpaired) electrons. The zero-order valence-corrected chi connectivity index (χ0v) is 13.5. The van der Waals surface area contributed by atoms with Crippen LogP contribution in [0.25, 0.3) is 11.2 Å². The smallest absolute Gasteiger partial charge is 0.247 e. The van der Waals surface area contributed by atoms with Gasteiger partial charge in [-0.2, -0.15) is 9.97 Å². The Morgan fingerprint density at radius 3 is 3.04 bits per heavy atom. The number of likely N-dealkylation sites (N-methyl/N-ethyl adjacent to an activating group) is 1. The fourth-order valence-electron chi connectivity index (χ4n) is 2.58. The Morgan fingerprint density at radius 1 is 1.56 bits per heavy atom. The average molecular weight is 353 g/mol. The first-order valence-corrected chi connectivity index (χ1v) is 7.65. The molecule has 3 rings (SSSR count). The van der Waals surface area contributed by atoms with Crippen LogP contribution in [0.15, 0.2) is 11.6 Å². The number of rotatable bonds is 7. The van der Waals surface area contributed by atoms with E-state index in [0.29, 0.717) is 11.2 Å². The molecule has 0 unspecified atom stereocenters. The highest BCUT2D eigenvalue weighted by Crippen LogP contribution is 2.32. The number of nitrogen functional groups attached to an aromatic ring is 1. The molecule has 1 aliphatic heterocycles. The lowest BCUT2D eigenvalue weighted by atomic mass is 10.2. The van der Waals surface area contributed by atoms with Crippen LogP contribution in [-0.2, 0) is 4.74 Å². The zero-order chi connectivity index (χ0) is 18.0. The quantitative estimate of drug-likeness (QED) is 0.417. The van der Waals surface area contributed by atoms with Gasteiger partial charge in [-0.1, -0.05) is 0 Å². The van der Waals surface area contributed by atoms with Crippen LogP contribution in [0, 0.1) is 4.91 Å². The van der Waals surface area contributed by atoms with Gasteiger partial charge < -0.3 is 25.4 Å². The summed E-state index contributed by atoms with van der Waals surface area (Å²) >= 11 is 0. The molecule has 1 aliphatic rings. The van der Waals surface area contributed by atoms with Crippen LogP contribution in [-0.4, -0.2) is 73.8 Å². The van der Waals surface area contributed by atoms with E-state index in [2.05, 4.69) is 20.2 Å². The van der Waals surface area contributed by atoms with Crippen molar-refractivity contribution in [2.75, 3.05) is 32.5 Å². The number of imidazole rings is 1. The third kappa shape index (κ3) is 3.45. The van der Waals surface area contributed by atoms with E-state index in [1.54, 1.807) is 4.57 Å². The van der Waals surface area contributed by atoms with E-state index in [1.165, 1.54) is 18.4 Å². The van der Waals surface area contributed by atoms with E-state index < -0.39 is 18.4 Å². The molecule has 1 saturated heterocycles. The fraction of sp³-hybridized carbons (Fsp3) is 0.615. The molecular formula is C13H19N7O5. The van der Waals surface area contributed by atoms with Crippen molar-refractivity contribution in [2.24, 2.45) is 5.29 Å². The summed E-state index contributed by atoms with van der Waals surface area (Å²) in [4.78, 5) is 22.8. The fourth-order valence-corrected chi connectivity index (χ4v) is 2.58. The number of anilines is 1. The zero-order valence-electron chi connectivity index (χ0n) is 13.5. The van der Waals surface area contributed by atoms with E-state index in [1.807, 2.05) is 0 Å². The van der Waals surface area contributed by atoms with E-state index in [-0.39, 0.29) is 38.0 Å². The van der Waals surface area contributed by atoms with Crippen molar-refractivity contribution in [3.63, 3.8) is 0 Å². The van der Waals surface area contributed by atoms with Crippen molar-refractivity contribution in [2.45, 2.75) is 24.9 Å². The number of nitroso groups, excluding NO2 is 1. The van der Waals surface area contributed by atoms with E-state index >= 15 is 0 Å². The van der Waals surface area contributed by atoms with E-state index in [4.69, 9.17) is 15.2 Å². The number of nitrogens with zero attached hydrogens (tertiary/aromatic N) is 6. The number of aliphatic hydroxyl groups is 2. The van der Waals surface area contributed by atoms with Crippen molar-refractivity contribution in [1.82, 2.24) is 24.5 Å². The van der Waals surface area contributed by atoms with Crippen LogP contribution in [0.4, 0.5) is 5.95 Å². The third-order valence-corrected chi connectivity index (χ3v) is 3.89. The second kappa shape index (κ2) is 7.13. The van der Waals surface area contributed by atoms with Crippen LogP contribution in [0.3, 0.4) is 0 Å². The standard InChI is InChI=1S/C13H19N7O5/c1-19(18-23)2-3-24-12-10-11(16-13(14)17-12)20(6-15-10)9-4-7(22)8(5-21)25-9/h6-9,21-22H,2-5H2,1H3,(H2,14,16,17)/t7-,8+,9+/m0/s1. The van der Waals surface area contributed by atoms with Gasteiger partial charge in [0, 0.05) is 13.5 Å². The van der Waals surface area contributed by atoms with Crippen molar-refractivity contribution < 1.29 is 19.7 Å². The van der Waals surface area contributed by atoms with Gasteiger partial charge in [-0.15, -0.1) is 4.91 Å². The number of hydrogen-bond acceptors (Lipinski definition) is 10. The lowest BCUT2D eigenvalue weighted by Gasteiger charge is -2.14. The highest BCUT2D eigenvalue weighted by atomic mass is 16.5. The molecule has 3 atom stereocenters. The van der Waals surface area contributed by atoms with E-state index in [0.717, 1.165) is 0 Å². The predicted molar refractivity (Wildman–Crippen MR) is 85.3 cm³/mol. The van der Waals surface area contributed by atoms with Gasteiger partial charge in [0.1, 0.15) is 18.9 Å². The second-order valence-corrected chi connectivity index (χ2v) is 5.64. The normalized spacial score (nSPS) is 23.1. The molecule has 2 aromatic heterocycles. The molecule has 12 heteroatoms. The van der Waals surface area contributed by atoms with Gasteiger partial charge in [0.2, 0.25) is 11.8 Å². The molecule has 0 aromatic carbocycles. The summed E-state index contributed by atoms with van der Waals surface area (Å²) in [6.07, 6.45) is -0.212. The molecule has 0 amide bonds. The monoisotopic (exact) mass is 353 g/mol. The number of ether oxygens (including phenoxy) is 2. The first kappa shape index (κ1) is 17.3. The summed E-state index contributed by atoms with van der Waals surface area (Å²) in [5, 5.41) is 23.0. The maximum Gasteiger partial charge on any atom is 0.247 e. The Labute approximate surface area is 142 Å². The predicted octanol–water partition coefficient (Wildman–Crippen LogP) is -0.959. The summed E-state index contributed by atoms with van der Waals surface area (Å²) in [5.74, 6) is 0.168. The van der Waals surface area contributed by atoms with Gasteiger partial charge in [-0.05, 0) is 0 Å². The molecule has 0 saturated carbocycles. The average Bonchev–Trinajstić information content (AvgIpc) is 3.17. The Balaban J connectivity index is 1.84. The van der Waals surface area contributed by atoms with Gasteiger partial charge >= 0.3 is 0 Å². The van der Waals surface area contributed by atoms with Gasteiger partial charge in [0.05, 0.1) is 30.9 Å². The minimum atomic E-state index is -0.784. The minimum Gasteiger partial charge on any atom is -0.474 e. The lowest BCUT2D eigenvalue weighted by Crippen LogP contribution is -2.24. The van der Waals surface area contributed by atoms with Crippen molar-refractivity contribution in [3.05, 3.63) is 11.2 Å². The third-order valence-electron chi connectivity index (χ3n) is 3.89. The molecule has 0 spiro atoms. The molecule has 12 nitrogen and oxygen atoms in total. The Morgan fingerprint density at radius 2 is 2.36 bits per heavy atom. The summed E-state index contributed by atoms with van der Waals surface area (Å²) in [5.41, 5.74) is 6.50. The highest BCUT2D eigenvalue weighted by molar-refractivity contribution is 5.77. The largest absolute Gasteiger partial charge is 0.474 e. The van der Waals surface area contributed by atoms with Crippen LogP contribution >= 0.6 is 0 Å². The lowest BCUT2D eigenvalue weighted by molar-refractivity contribution is -0.0432. The Hall–Kier alpha value is -2.57. The van der Waals surface area contributed by atoms with Gasteiger partial charge in [-0.25, -0.2) is 4.98 Å². The van der Waals surface area contributed by atoms with Gasteiger partial charge in [-0.3, -0.25) is 9.58 Å². The highest BCUT2D eigenvalue weighted by Gasteiger charge is 2.35. The number of aliphatic hydroxyl groups excluding tert-OH is 2. The Kier molecular flexibility index (Phi) is 4.92. The van der Waals surface area contributed by atoms with E-state index in [9.17, 15) is 15.1 Å². The number of fused-ring (bicyclic) bond motifs is 1. The summed E-state index contributed by atoms with van der Waals surface area (Å²) < 4.78 is 12.8.